The van der Waals surface area contributed by atoms with Gasteiger partial charge >= 0.3 is 0 Å². The van der Waals surface area contributed by atoms with E-state index in [-0.39, 0.29) is 11.7 Å². The topological polar surface area (TPSA) is 49.3 Å². The molecule has 2 aromatic rings. The molecule has 0 unspecified atom stereocenters. The smallest absolute Gasteiger partial charge is 0.251 e. The molecule has 0 aliphatic heterocycles. The molecule has 0 aliphatic carbocycles. The third-order valence-corrected chi connectivity index (χ3v) is 2.78. The van der Waals surface area contributed by atoms with Gasteiger partial charge in [0.05, 0.1) is 0 Å². The zero-order chi connectivity index (χ0) is 13.0. The van der Waals surface area contributed by atoms with Crippen molar-refractivity contribution in [1.29, 1.82) is 0 Å². The van der Waals surface area contributed by atoms with Crippen LogP contribution in [0.25, 0.3) is 0 Å². The number of hydrogen-bond acceptors (Lipinski definition) is 2. The first-order valence-corrected chi connectivity index (χ1v) is 5.78. The van der Waals surface area contributed by atoms with Gasteiger partial charge in [0.25, 0.3) is 5.91 Å². The molecule has 0 radical (unpaired) electrons. The molecule has 0 saturated carbocycles. The number of carbonyl (C=O) groups is 1. The summed E-state index contributed by atoms with van der Waals surface area (Å²) in [7, 11) is 0. The van der Waals surface area contributed by atoms with Gasteiger partial charge < -0.3 is 10.4 Å². The highest BCUT2D eigenvalue weighted by Gasteiger charge is 2.07. The Bertz CT molecular complexity index is 547. The lowest BCUT2D eigenvalue weighted by atomic mass is 10.1. The van der Waals surface area contributed by atoms with Gasteiger partial charge in [0.2, 0.25) is 0 Å². The van der Waals surface area contributed by atoms with E-state index in [1.165, 1.54) is 0 Å². The number of phenolic OH excluding ortho intramolecular Hbond substituents is 1. The Morgan fingerprint density at radius 2 is 1.78 bits per heavy atom. The number of amides is 1. The second-order valence-corrected chi connectivity index (χ2v) is 4.16. The quantitative estimate of drug-likeness (QED) is 0.867. The van der Waals surface area contributed by atoms with Crippen molar-refractivity contribution in [2.24, 2.45) is 0 Å². The number of aryl methyl sites for hydroxylation is 1. The summed E-state index contributed by atoms with van der Waals surface area (Å²) in [6, 6.07) is 14.3. The van der Waals surface area contributed by atoms with Crippen LogP contribution in [0.3, 0.4) is 0 Å². The largest absolute Gasteiger partial charge is 0.508 e. The Balaban J connectivity index is 2.01. The number of carbonyl (C=O) groups excluding carboxylic acids is 1. The van der Waals surface area contributed by atoms with E-state index in [1.54, 1.807) is 24.3 Å². The molecule has 2 N–H and O–H groups in total. The van der Waals surface area contributed by atoms with Gasteiger partial charge in [-0.2, -0.15) is 0 Å². The minimum absolute atomic E-state index is 0.0822. The first-order valence-electron chi connectivity index (χ1n) is 5.78. The Kier molecular flexibility index (Phi) is 3.63. The number of hydrogen-bond donors (Lipinski definition) is 2. The number of aromatic hydroxyl groups is 1. The predicted molar refractivity (Wildman–Crippen MR) is 70.5 cm³/mol. The van der Waals surface area contributed by atoms with Crippen LogP contribution in [0.1, 0.15) is 21.5 Å². The van der Waals surface area contributed by atoms with E-state index in [9.17, 15) is 4.79 Å². The predicted octanol–water partition coefficient (Wildman–Crippen LogP) is 2.63. The van der Waals surface area contributed by atoms with Crippen molar-refractivity contribution in [2.45, 2.75) is 13.5 Å². The highest BCUT2D eigenvalue weighted by atomic mass is 16.3. The molecular formula is C15H15NO2. The maximum atomic E-state index is 11.9. The maximum absolute atomic E-state index is 11.9. The summed E-state index contributed by atoms with van der Waals surface area (Å²) in [5, 5.41) is 12.0. The van der Waals surface area contributed by atoms with Crippen molar-refractivity contribution in [3.8, 4) is 5.75 Å². The van der Waals surface area contributed by atoms with Crippen LogP contribution >= 0.6 is 0 Å². The minimum Gasteiger partial charge on any atom is -0.508 e. The summed E-state index contributed by atoms with van der Waals surface area (Å²) in [5.74, 6) is 0.144. The van der Waals surface area contributed by atoms with Crippen molar-refractivity contribution in [2.75, 3.05) is 0 Å². The summed E-state index contributed by atoms with van der Waals surface area (Å²) in [6.45, 7) is 2.36. The summed E-state index contributed by atoms with van der Waals surface area (Å²) in [5.41, 5.74) is 2.60. The fraction of sp³-hybridized carbons (Fsp3) is 0.133. The molecule has 0 aromatic heterocycles. The molecule has 0 fully saturated rings. The van der Waals surface area contributed by atoms with Gasteiger partial charge in [-0.15, -0.1) is 0 Å². The van der Waals surface area contributed by atoms with Gasteiger partial charge in [-0.1, -0.05) is 30.3 Å². The van der Waals surface area contributed by atoms with Crippen LogP contribution in [0, 0.1) is 6.92 Å². The third-order valence-electron chi connectivity index (χ3n) is 2.78. The molecular weight excluding hydrogens is 226 g/mol. The summed E-state index contributed by atoms with van der Waals surface area (Å²) in [4.78, 5) is 11.9. The zero-order valence-electron chi connectivity index (χ0n) is 10.2. The fourth-order valence-corrected chi connectivity index (χ4v) is 1.72. The number of rotatable bonds is 3. The zero-order valence-corrected chi connectivity index (χ0v) is 10.2. The summed E-state index contributed by atoms with van der Waals surface area (Å²) in [6.07, 6.45) is 0. The van der Waals surface area contributed by atoms with Crippen LogP contribution < -0.4 is 5.32 Å². The van der Waals surface area contributed by atoms with Crippen LogP contribution in [0.5, 0.6) is 5.75 Å². The van der Waals surface area contributed by atoms with E-state index in [0.717, 1.165) is 11.1 Å². The van der Waals surface area contributed by atoms with E-state index in [2.05, 4.69) is 5.32 Å². The first kappa shape index (κ1) is 12.2. The average Bonchev–Trinajstić information content (AvgIpc) is 2.38. The second kappa shape index (κ2) is 5.36. The normalized spacial score (nSPS) is 10.1. The van der Waals surface area contributed by atoms with Crippen LogP contribution in [0.15, 0.2) is 48.5 Å². The highest BCUT2D eigenvalue weighted by Crippen LogP contribution is 2.10. The molecule has 3 nitrogen and oxygen atoms in total. The highest BCUT2D eigenvalue weighted by molar-refractivity contribution is 5.95. The molecule has 2 rings (SSSR count). The van der Waals surface area contributed by atoms with Gasteiger partial charge in [0.15, 0.2) is 0 Å². The van der Waals surface area contributed by atoms with Gasteiger partial charge in [-0.05, 0) is 36.2 Å². The number of nitrogens with one attached hydrogen (secondary N) is 1. The van der Waals surface area contributed by atoms with Gasteiger partial charge in [-0.25, -0.2) is 0 Å². The molecule has 0 bridgehead atoms. The molecule has 3 heteroatoms. The number of phenols is 1. The summed E-state index contributed by atoms with van der Waals surface area (Å²) >= 11 is 0. The van der Waals surface area contributed by atoms with Crippen molar-refractivity contribution >= 4 is 5.91 Å². The van der Waals surface area contributed by atoms with Crippen molar-refractivity contribution in [3.05, 3.63) is 65.2 Å². The Morgan fingerprint density at radius 1 is 1.11 bits per heavy atom. The van der Waals surface area contributed by atoms with Crippen molar-refractivity contribution in [1.82, 2.24) is 5.32 Å². The van der Waals surface area contributed by atoms with Crippen LogP contribution in [-0.2, 0) is 6.54 Å². The molecule has 1 amide bonds. The van der Waals surface area contributed by atoms with E-state index >= 15 is 0 Å². The first-order chi connectivity index (χ1) is 8.66. The standard InChI is InChI=1S/C15H15NO2/c1-11-4-2-3-5-14(11)15(18)16-10-12-6-8-13(17)9-7-12/h2-9,17H,10H2,1H3,(H,16,18). The maximum Gasteiger partial charge on any atom is 0.251 e. The molecule has 0 heterocycles. The molecule has 0 aliphatic rings. The minimum atomic E-state index is -0.0822. The lowest BCUT2D eigenvalue weighted by Crippen LogP contribution is -2.23. The Labute approximate surface area is 106 Å². The van der Waals surface area contributed by atoms with Gasteiger partial charge in [0.1, 0.15) is 5.75 Å². The molecule has 92 valence electrons. The average molecular weight is 241 g/mol. The van der Waals surface area contributed by atoms with Gasteiger partial charge in [-0.3, -0.25) is 4.79 Å². The van der Waals surface area contributed by atoms with Crippen molar-refractivity contribution < 1.29 is 9.90 Å². The van der Waals surface area contributed by atoms with Gasteiger partial charge in [0, 0.05) is 12.1 Å². The lowest BCUT2D eigenvalue weighted by molar-refractivity contribution is 0.0950. The summed E-state index contributed by atoms with van der Waals surface area (Å²) < 4.78 is 0. The molecule has 0 saturated heterocycles. The Hall–Kier alpha value is -2.29. The van der Waals surface area contributed by atoms with E-state index in [0.29, 0.717) is 12.1 Å². The molecule has 18 heavy (non-hydrogen) atoms. The van der Waals surface area contributed by atoms with E-state index < -0.39 is 0 Å². The molecule has 0 spiro atoms. The number of benzene rings is 2. The monoisotopic (exact) mass is 241 g/mol. The third kappa shape index (κ3) is 2.88. The Morgan fingerprint density at radius 3 is 2.44 bits per heavy atom. The molecule has 2 aromatic carbocycles. The van der Waals surface area contributed by atoms with Crippen LogP contribution in [-0.4, -0.2) is 11.0 Å². The fourth-order valence-electron chi connectivity index (χ4n) is 1.72. The molecule has 0 atom stereocenters. The van der Waals surface area contributed by atoms with Crippen molar-refractivity contribution in [3.63, 3.8) is 0 Å². The van der Waals surface area contributed by atoms with E-state index in [1.807, 2.05) is 31.2 Å². The van der Waals surface area contributed by atoms with Crippen LogP contribution in [0.2, 0.25) is 0 Å². The lowest BCUT2D eigenvalue weighted by Gasteiger charge is -2.07. The SMILES string of the molecule is Cc1ccccc1C(=O)NCc1ccc(O)cc1. The van der Waals surface area contributed by atoms with Crippen LogP contribution in [0.4, 0.5) is 0 Å². The van der Waals surface area contributed by atoms with E-state index in [4.69, 9.17) is 5.11 Å². The second-order valence-electron chi connectivity index (χ2n) is 4.16.